The van der Waals surface area contributed by atoms with Crippen LogP contribution < -0.4 is 10.6 Å². The minimum atomic E-state index is -0.285. The third-order valence-corrected chi connectivity index (χ3v) is 4.23. The lowest BCUT2D eigenvalue weighted by Crippen LogP contribution is -2.41. The van der Waals surface area contributed by atoms with Gasteiger partial charge >= 0.3 is 0 Å². The van der Waals surface area contributed by atoms with Gasteiger partial charge in [0.15, 0.2) is 0 Å². The van der Waals surface area contributed by atoms with Crippen LogP contribution in [0.25, 0.3) is 0 Å². The van der Waals surface area contributed by atoms with Gasteiger partial charge in [0.1, 0.15) is 5.82 Å². The van der Waals surface area contributed by atoms with Crippen LogP contribution in [0.3, 0.4) is 0 Å². The molecule has 0 radical (unpaired) electrons. The quantitative estimate of drug-likeness (QED) is 0.839. The summed E-state index contributed by atoms with van der Waals surface area (Å²) < 4.78 is 13.2. The molecule has 2 aliphatic carbocycles. The standard InChI is InChI=1S/C16H21FN2O/c1-10-2-7-13(17)8-14(10)18-9-15(20)19-16(11-3-4-11)12-5-6-12/h2,7-8,11-12,16,18H,3-6,9H2,1H3,(H,19,20). The molecule has 0 spiro atoms. The monoisotopic (exact) mass is 276 g/mol. The molecule has 3 rings (SSSR count). The van der Waals surface area contributed by atoms with E-state index in [1.54, 1.807) is 6.07 Å². The lowest BCUT2D eigenvalue weighted by molar-refractivity contribution is -0.120. The molecule has 0 bridgehead atoms. The summed E-state index contributed by atoms with van der Waals surface area (Å²) in [4.78, 5) is 12.0. The predicted molar refractivity (Wildman–Crippen MR) is 77.0 cm³/mol. The molecule has 1 amide bonds. The van der Waals surface area contributed by atoms with Crippen LogP contribution in [-0.4, -0.2) is 18.5 Å². The van der Waals surface area contributed by atoms with E-state index in [0.717, 1.165) is 5.56 Å². The number of benzene rings is 1. The van der Waals surface area contributed by atoms with Gasteiger partial charge in [-0.3, -0.25) is 4.79 Å². The smallest absolute Gasteiger partial charge is 0.239 e. The Kier molecular flexibility index (Phi) is 3.64. The van der Waals surface area contributed by atoms with Crippen molar-refractivity contribution in [3.05, 3.63) is 29.6 Å². The number of amides is 1. The topological polar surface area (TPSA) is 41.1 Å². The van der Waals surface area contributed by atoms with E-state index >= 15 is 0 Å². The second-order valence-corrected chi connectivity index (χ2v) is 6.08. The third kappa shape index (κ3) is 3.30. The SMILES string of the molecule is Cc1ccc(F)cc1NCC(=O)NC(C1CC1)C1CC1. The molecule has 1 aromatic carbocycles. The number of carbonyl (C=O) groups is 1. The molecule has 0 aliphatic heterocycles. The van der Waals surface area contributed by atoms with Crippen LogP contribution in [0.15, 0.2) is 18.2 Å². The van der Waals surface area contributed by atoms with Gasteiger partial charge in [0, 0.05) is 11.7 Å². The van der Waals surface area contributed by atoms with Gasteiger partial charge in [0.25, 0.3) is 0 Å². The highest BCUT2D eigenvalue weighted by atomic mass is 19.1. The normalized spacial score (nSPS) is 18.1. The number of aryl methyl sites for hydroxylation is 1. The molecular weight excluding hydrogens is 255 g/mol. The maximum absolute atomic E-state index is 13.2. The lowest BCUT2D eigenvalue weighted by atomic mass is 10.1. The Morgan fingerprint density at radius 2 is 1.95 bits per heavy atom. The molecular formula is C16H21FN2O. The average Bonchev–Trinajstić information content (AvgIpc) is 3.28. The molecule has 4 heteroatoms. The summed E-state index contributed by atoms with van der Waals surface area (Å²) in [5, 5.41) is 6.18. The van der Waals surface area contributed by atoms with Crippen LogP contribution in [0.4, 0.5) is 10.1 Å². The Morgan fingerprint density at radius 1 is 1.30 bits per heavy atom. The third-order valence-electron chi connectivity index (χ3n) is 4.23. The van der Waals surface area contributed by atoms with Crippen LogP contribution in [0.2, 0.25) is 0 Å². The largest absolute Gasteiger partial charge is 0.376 e. The van der Waals surface area contributed by atoms with Crippen molar-refractivity contribution in [3.8, 4) is 0 Å². The zero-order valence-electron chi connectivity index (χ0n) is 11.8. The van der Waals surface area contributed by atoms with E-state index in [4.69, 9.17) is 0 Å². The number of carbonyl (C=O) groups excluding carboxylic acids is 1. The highest BCUT2D eigenvalue weighted by molar-refractivity contribution is 5.81. The molecule has 2 saturated carbocycles. The Hall–Kier alpha value is -1.58. The Bertz CT molecular complexity index is 497. The summed E-state index contributed by atoms with van der Waals surface area (Å²) in [7, 11) is 0. The average molecular weight is 276 g/mol. The molecule has 0 unspecified atom stereocenters. The first-order chi connectivity index (χ1) is 9.63. The zero-order chi connectivity index (χ0) is 14.1. The van der Waals surface area contributed by atoms with Crippen LogP contribution in [0.5, 0.6) is 0 Å². The van der Waals surface area contributed by atoms with E-state index in [2.05, 4.69) is 10.6 Å². The summed E-state index contributed by atoms with van der Waals surface area (Å²) in [5.74, 6) is 1.12. The summed E-state index contributed by atoms with van der Waals surface area (Å²) in [6.07, 6.45) is 4.99. The molecule has 2 fully saturated rings. The molecule has 0 aromatic heterocycles. The minimum absolute atomic E-state index is 0.0115. The molecule has 0 saturated heterocycles. The molecule has 0 atom stereocenters. The van der Waals surface area contributed by atoms with Gasteiger partial charge in [-0.15, -0.1) is 0 Å². The highest BCUT2D eigenvalue weighted by Gasteiger charge is 2.42. The van der Waals surface area contributed by atoms with Crippen LogP contribution in [-0.2, 0) is 4.79 Å². The first kappa shape index (κ1) is 13.4. The van der Waals surface area contributed by atoms with Crippen molar-refractivity contribution >= 4 is 11.6 Å². The zero-order valence-corrected chi connectivity index (χ0v) is 11.8. The van der Waals surface area contributed by atoms with Crippen molar-refractivity contribution in [2.45, 2.75) is 38.6 Å². The van der Waals surface area contributed by atoms with Gasteiger partial charge < -0.3 is 10.6 Å². The predicted octanol–water partition coefficient (Wildman–Crippen LogP) is 2.85. The maximum atomic E-state index is 13.2. The molecule has 1 aromatic rings. The fourth-order valence-electron chi connectivity index (χ4n) is 2.73. The molecule has 20 heavy (non-hydrogen) atoms. The fraction of sp³-hybridized carbons (Fsp3) is 0.562. The van der Waals surface area contributed by atoms with Crippen molar-refractivity contribution < 1.29 is 9.18 Å². The number of anilines is 1. The second kappa shape index (κ2) is 5.43. The van der Waals surface area contributed by atoms with Crippen molar-refractivity contribution in [1.82, 2.24) is 5.32 Å². The van der Waals surface area contributed by atoms with Crippen LogP contribution in [0.1, 0.15) is 31.2 Å². The maximum Gasteiger partial charge on any atom is 0.239 e. The van der Waals surface area contributed by atoms with Gasteiger partial charge in [-0.2, -0.15) is 0 Å². The van der Waals surface area contributed by atoms with Crippen molar-refractivity contribution in [2.24, 2.45) is 11.8 Å². The van der Waals surface area contributed by atoms with Crippen molar-refractivity contribution in [3.63, 3.8) is 0 Å². The minimum Gasteiger partial charge on any atom is -0.376 e. The number of hydrogen-bond donors (Lipinski definition) is 2. The van der Waals surface area contributed by atoms with Gasteiger partial charge in [0.2, 0.25) is 5.91 Å². The van der Waals surface area contributed by atoms with Gasteiger partial charge in [-0.1, -0.05) is 6.07 Å². The number of hydrogen-bond acceptors (Lipinski definition) is 2. The van der Waals surface area contributed by atoms with Gasteiger partial charge in [-0.25, -0.2) is 4.39 Å². The lowest BCUT2D eigenvalue weighted by Gasteiger charge is -2.18. The summed E-state index contributed by atoms with van der Waals surface area (Å²) in [5.41, 5.74) is 1.63. The summed E-state index contributed by atoms with van der Waals surface area (Å²) >= 11 is 0. The van der Waals surface area contributed by atoms with Gasteiger partial charge in [-0.05, 0) is 62.1 Å². The van der Waals surface area contributed by atoms with Crippen molar-refractivity contribution in [2.75, 3.05) is 11.9 Å². The number of nitrogens with one attached hydrogen (secondary N) is 2. The Labute approximate surface area is 118 Å². The van der Waals surface area contributed by atoms with E-state index < -0.39 is 0 Å². The first-order valence-electron chi connectivity index (χ1n) is 7.43. The Balaban J connectivity index is 1.52. The van der Waals surface area contributed by atoms with E-state index in [1.807, 2.05) is 6.92 Å². The molecule has 0 heterocycles. The summed E-state index contributed by atoms with van der Waals surface area (Å²) in [6, 6.07) is 4.95. The molecule has 3 nitrogen and oxygen atoms in total. The van der Waals surface area contributed by atoms with E-state index in [-0.39, 0.29) is 18.3 Å². The van der Waals surface area contributed by atoms with E-state index in [0.29, 0.717) is 23.6 Å². The molecule has 2 aliphatic rings. The number of rotatable bonds is 6. The van der Waals surface area contributed by atoms with Crippen molar-refractivity contribution in [1.29, 1.82) is 0 Å². The van der Waals surface area contributed by atoms with E-state index in [9.17, 15) is 9.18 Å². The van der Waals surface area contributed by atoms with Gasteiger partial charge in [0.05, 0.1) is 6.54 Å². The number of halogens is 1. The summed E-state index contributed by atoms with van der Waals surface area (Å²) in [6.45, 7) is 2.11. The highest BCUT2D eigenvalue weighted by Crippen LogP contribution is 2.44. The first-order valence-corrected chi connectivity index (χ1v) is 7.43. The van der Waals surface area contributed by atoms with Crippen LogP contribution >= 0.6 is 0 Å². The molecule has 2 N–H and O–H groups in total. The second-order valence-electron chi connectivity index (χ2n) is 6.08. The Morgan fingerprint density at radius 3 is 2.55 bits per heavy atom. The fourth-order valence-corrected chi connectivity index (χ4v) is 2.73. The van der Waals surface area contributed by atoms with E-state index in [1.165, 1.54) is 37.8 Å². The molecule has 108 valence electrons. The van der Waals surface area contributed by atoms with Crippen LogP contribution in [0, 0.1) is 24.6 Å².